The molecule has 19 heavy (non-hydrogen) atoms. The monoisotopic (exact) mass is 254 g/mol. The van der Waals surface area contributed by atoms with Crippen molar-refractivity contribution in [1.82, 2.24) is 0 Å². The van der Waals surface area contributed by atoms with Crippen LogP contribution in [0.3, 0.4) is 0 Å². The Labute approximate surface area is 115 Å². The summed E-state index contributed by atoms with van der Waals surface area (Å²) >= 11 is 0. The van der Waals surface area contributed by atoms with E-state index in [0.717, 1.165) is 22.0 Å². The number of hydrogen-bond donors (Lipinski definition) is 0. The van der Waals surface area contributed by atoms with Gasteiger partial charge in [-0.3, -0.25) is 0 Å². The average molecular weight is 254 g/mol. The van der Waals surface area contributed by atoms with Gasteiger partial charge >= 0.3 is 0 Å². The fourth-order valence-electron chi connectivity index (χ4n) is 1.65. The Morgan fingerprint density at radius 3 is 2.47 bits per heavy atom. The van der Waals surface area contributed by atoms with Crippen molar-refractivity contribution in [2.45, 2.75) is 27.7 Å². The van der Waals surface area contributed by atoms with Gasteiger partial charge in [0, 0.05) is 10.8 Å². The third-order valence-electron chi connectivity index (χ3n) is 3.12. The first-order chi connectivity index (χ1) is 9.01. The Balaban J connectivity index is 3.26. The van der Waals surface area contributed by atoms with E-state index in [-0.39, 0.29) is 0 Å². The Bertz CT molecular complexity index is 649. The third-order valence-corrected chi connectivity index (χ3v) is 3.12. The van der Waals surface area contributed by atoms with E-state index in [0.29, 0.717) is 0 Å². The maximum atomic E-state index is 5.80. The molecule has 0 aliphatic heterocycles. The fourth-order valence-corrected chi connectivity index (χ4v) is 1.65. The van der Waals surface area contributed by atoms with Crippen LogP contribution in [-0.2, 0) is 0 Å². The fraction of sp³-hybridized carbons (Fsp3) is 0.222. The van der Waals surface area contributed by atoms with Crippen LogP contribution in [-0.4, -0.2) is 0 Å². The zero-order chi connectivity index (χ0) is 14.4. The van der Waals surface area contributed by atoms with Crippen LogP contribution < -0.4 is 10.6 Å². The molecule has 1 aromatic rings. The van der Waals surface area contributed by atoms with Crippen LogP contribution in [0.25, 0.3) is 18.7 Å². The Morgan fingerprint density at radius 2 is 1.89 bits per heavy atom. The van der Waals surface area contributed by atoms with Gasteiger partial charge in [0.2, 0.25) is 0 Å². The predicted molar refractivity (Wildman–Crippen MR) is 85.1 cm³/mol. The molecule has 1 heterocycles. The molecule has 0 unspecified atom stereocenters. The van der Waals surface area contributed by atoms with Gasteiger partial charge in [0.15, 0.2) is 0 Å². The molecule has 0 bridgehead atoms. The van der Waals surface area contributed by atoms with Gasteiger partial charge in [-0.2, -0.15) is 0 Å². The highest BCUT2D eigenvalue weighted by Gasteiger charge is 2.04. The van der Waals surface area contributed by atoms with E-state index >= 15 is 0 Å². The standard InChI is InChI=1S/C18H22O/c1-7-9-11-13(3)14(4)12-18-16(6)15(5)17(19-18)10-8-2/h7-12H,2,5H2,1,3-4,6H3. The van der Waals surface area contributed by atoms with Crippen molar-refractivity contribution < 1.29 is 4.42 Å². The minimum Gasteiger partial charge on any atom is -0.456 e. The lowest BCUT2D eigenvalue weighted by Crippen LogP contribution is -2.18. The molecule has 1 nitrogen and oxygen atoms in total. The summed E-state index contributed by atoms with van der Waals surface area (Å²) in [5, 5.41) is 0.925. The van der Waals surface area contributed by atoms with Crippen LogP contribution in [0, 0.1) is 6.92 Å². The van der Waals surface area contributed by atoms with Crippen molar-refractivity contribution in [1.29, 1.82) is 0 Å². The predicted octanol–water partition coefficient (Wildman–Crippen LogP) is 3.89. The van der Waals surface area contributed by atoms with E-state index < -0.39 is 0 Å². The van der Waals surface area contributed by atoms with Gasteiger partial charge in [-0.05, 0) is 51.0 Å². The zero-order valence-corrected chi connectivity index (χ0v) is 12.3. The summed E-state index contributed by atoms with van der Waals surface area (Å²) in [5.41, 5.74) is 4.25. The van der Waals surface area contributed by atoms with Crippen molar-refractivity contribution in [3.05, 3.63) is 64.0 Å². The molecule has 1 heteroatoms. The van der Waals surface area contributed by atoms with Gasteiger partial charge in [0.25, 0.3) is 0 Å². The lowest BCUT2D eigenvalue weighted by atomic mass is 10.1. The maximum Gasteiger partial charge on any atom is 0.134 e. The van der Waals surface area contributed by atoms with E-state index in [2.05, 4.69) is 39.2 Å². The van der Waals surface area contributed by atoms with E-state index in [1.807, 2.05) is 32.1 Å². The van der Waals surface area contributed by atoms with Crippen molar-refractivity contribution in [3.63, 3.8) is 0 Å². The van der Waals surface area contributed by atoms with Crippen LogP contribution in [0.15, 0.2) is 46.4 Å². The van der Waals surface area contributed by atoms with E-state index in [4.69, 9.17) is 4.42 Å². The van der Waals surface area contributed by atoms with Gasteiger partial charge in [0.05, 0.1) is 0 Å². The summed E-state index contributed by atoms with van der Waals surface area (Å²) in [6.45, 7) is 15.9. The molecule has 1 rings (SSSR count). The first kappa shape index (κ1) is 15.0. The highest BCUT2D eigenvalue weighted by atomic mass is 16.3. The SMILES string of the molecule is C=CC=c1oc(C=C(C)C(C)=CC=CC)c(C)c1=C. The molecule has 0 radical (unpaired) electrons. The lowest BCUT2D eigenvalue weighted by Gasteiger charge is -1.99. The molecular formula is C18H22O. The molecule has 100 valence electrons. The molecule has 0 N–H and O–H groups in total. The maximum absolute atomic E-state index is 5.80. The quantitative estimate of drug-likeness (QED) is 0.743. The number of rotatable bonds is 4. The molecule has 0 saturated carbocycles. The second-order valence-electron chi connectivity index (χ2n) is 4.54. The van der Waals surface area contributed by atoms with Gasteiger partial charge in [-0.1, -0.05) is 37.5 Å². The summed E-state index contributed by atoms with van der Waals surface area (Å²) < 4.78 is 5.80. The number of hydrogen-bond acceptors (Lipinski definition) is 1. The Kier molecular flexibility index (Phi) is 5.37. The van der Waals surface area contributed by atoms with Gasteiger partial charge < -0.3 is 4.42 Å². The summed E-state index contributed by atoms with van der Waals surface area (Å²) in [5.74, 6) is 0.865. The Hall–Kier alpha value is -2.02. The summed E-state index contributed by atoms with van der Waals surface area (Å²) in [6, 6.07) is 0. The van der Waals surface area contributed by atoms with E-state index in [9.17, 15) is 0 Å². The lowest BCUT2D eigenvalue weighted by molar-refractivity contribution is 0.520. The highest BCUT2D eigenvalue weighted by molar-refractivity contribution is 5.57. The van der Waals surface area contributed by atoms with Crippen LogP contribution in [0.1, 0.15) is 32.1 Å². The summed E-state index contributed by atoms with van der Waals surface area (Å²) in [7, 11) is 0. The number of allylic oxidation sites excluding steroid dienone is 6. The molecule has 0 fully saturated rings. The first-order valence-electron chi connectivity index (χ1n) is 6.40. The highest BCUT2D eigenvalue weighted by Crippen LogP contribution is 2.14. The smallest absolute Gasteiger partial charge is 0.134 e. The van der Waals surface area contributed by atoms with E-state index in [1.165, 1.54) is 11.1 Å². The van der Waals surface area contributed by atoms with Crippen molar-refractivity contribution in [3.8, 4) is 0 Å². The van der Waals surface area contributed by atoms with Gasteiger partial charge in [-0.25, -0.2) is 0 Å². The van der Waals surface area contributed by atoms with Crippen LogP contribution >= 0.6 is 0 Å². The molecule has 0 aromatic carbocycles. The van der Waals surface area contributed by atoms with E-state index in [1.54, 1.807) is 6.08 Å². The molecule has 1 aromatic heterocycles. The molecule has 0 amide bonds. The van der Waals surface area contributed by atoms with Crippen LogP contribution in [0.4, 0.5) is 0 Å². The van der Waals surface area contributed by atoms with Gasteiger partial charge in [-0.15, -0.1) is 0 Å². The third kappa shape index (κ3) is 3.72. The molecule has 0 aliphatic carbocycles. The first-order valence-corrected chi connectivity index (χ1v) is 6.40. The minimum absolute atomic E-state index is 0.779. The Morgan fingerprint density at radius 1 is 1.21 bits per heavy atom. The summed E-state index contributed by atoms with van der Waals surface area (Å²) in [6.07, 6.45) is 11.7. The molecule has 0 atom stereocenters. The largest absolute Gasteiger partial charge is 0.456 e. The van der Waals surface area contributed by atoms with Crippen molar-refractivity contribution in [2.75, 3.05) is 0 Å². The molecule has 0 spiro atoms. The topological polar surface area (TPSA) is 13.1 Å². The molecule has 0 saturated heterocycles. The van der Waals surface area contributed by atoms with Crippen molar-refractivity contribution in [2.24, 2.45) is 0 Å². The van der Waals surface area contributed by atoms with Crippen molar-refractivity contribution >= 4 is 18.7 Å². The van der Waals surface area contributed by atoms with Crippen LogP contribution in [0.5, 0.6) is 0 Å². The average Bonchev–Trinajstić information content (AvgIpc) is 2.65. The summed E-state index contributed by atoms with van der Waals surface area (Å²) in [4.78, 5) is 0. The number of furan rings is 1. The second kappa shape index (κ2) is 6.79. The zero-order valence-electron chi connectivity index (χ0n) is 12.3. The minimum atomic E-state index is 0.779. The normalized spacial score (nSPS) is 14.4. The molecular weight excluding hydrogens is 232 g/mol. The van der Waals surface area contributed by atoms with Gasteiger partial charge in [0.1, 0.15) is 11.2 Å². The second-order valence-corrected chi connectivity index (χ2v) is 4.54. The van der Waals surface area contributed by atoms with Crippen LogP contribution in [0.2, 0.25) is 0 Å². The molecule has 0 aliphatic rings.